The van der Waals surface area contributed by atoms with Gasteiger partial charge in [0.1, 0.15) is 11.9 Å². The summed E-state index contributed by atoms with van der Waals surface area (Å²) in [6, 6.07) is 3.19. The standard InChI is InChI=1S/C15H18F2N2O4/c16-15(17)10-12(15)23-9-7-19-13(20)4-6-18(14(19)21)5-3-11-2-1-8-22-11/h1-2,8,12H,3-7,9-10H2. The van der Waals surface area contributed by atoms with E-state index in [0.717, 1.165) is 10.7 Å². The fourth-order valence-electron chi connectivity index (χ4n) is 2.52. The number of halogens is 2. The molecule has 1 aliphatic heterocycles. The summed E-state index contributed by atoms with van der Waals surface area (Å²) < 4.78 is 35.7. The first kappa shape index (κ1) is 15.9. The first-order valence-electron chi connectivity index (χ1n) is 7.58. The van der Waals surface area contributed by atoms with Crippen molar-refractivity contribution in [3.8, 4) is 0 Å². The lowest BCUT2D eigenvalue weighted by atomic mass is 10.2. The predicted octanol–water partition coefficient (Wildman–Crippen LogP) is 1.90. The third kappa shape index (κ3) is 3.69. The zero-order chi connectivity index (χ0) is 16.4. The molecule has 1 aliphatic carbocycles. The summed E-state index contributed by atoms with van der Waals surface area (Å²) in [6.07, 6.45) is 0.987. The summed E-state index contributed by atoms with van der Waals surface area (Å²) in [5.74, 6) is -2.29. The minimum atomic E-state index is -2.76. The lowest BCUT2D eigenvalue weighted by Crippen LogP contribution is -2.53. The Morgan fingerprint density at radius 3 is 2.78 bits per heavy atom. The van der Waals surface area contributed by atoms with Gasteiger partial charge >= 0.3 is 6.03 Å². The second-order valence-corrected chi connectivity index (χ2v) is 5.72. The summed E-state index contributed by atoms with van der Waals surface area (Å²) in [6.45, 7) is 0.735. The molecule has 0 radical (unpaired) electrons. The number of nitrogens with zero attached hydrogens (tertiary/aromatic N) is 2. The molecule has 0 N–H and O–H groups in total. The maximum absolute atomic E-state index is 12.7. The Morgan fingerprint density at radius 2 is 2.13 bits per heavy atom. The van der Waals surface area contributed by atoms with Crippen molar-refractivity contribution >= 4 is 11.9 Å². The number of urea groups is 1. The van der Waals surface area contributed by atoms with Crippen LogP contribution >= 0.6 is 0 Å². The Hall–Kier alpha value is -1.96. The monoisotopic (exact) mass is 328 g/mol. The molecule has 2 aliphatic rings. The first-order chi connectivity index (χ1) is 11.0. The molecule has 1 saturated carbocycles. The van der Waals surface area contributed by atoms with Crippen LogP contribution in [0, 0.1) is 0 Å². The Morgan fingerprint density at radius 1 is 1.35 bits per heavy atom. The summed E-state index contributed by atoms with van der Waals surface area (Å²) >= 11 is 0. The summed E-state index contributed by atoms with van der Waals surface area (Å²) in [5.41, 5.74) is 0. The number of amides is 3. The van der Waals surface area contributed by atoms with Crippen molar-refractivity contribution in [3.63, 3.8) is 0 Å². The molecule has 0 bridgehead atoms. The summed E-state index contributed by atoms with van der Waals surface area (Å²) in [7, 11) is 0. The molecule has 1 aromatic heterocycles. The van der Waals surface area contributed by atoms with Gasteiger partial charge in [0.05, 0.1) is 19.4 Å². The van der Waals surface area contributed by atoms with E-state index in [1.165, 1.54) is 0 Å². The molecule has 1 unspecified atom stereocenters. The Labute approximate surface area is 132 Å². The predicted molar refractivity (Wildman–Crippen MR) is 75.0 cm³/mol. The summed E-state index contributed by atoms with van der Waals surface area (Å²) in [5, 5.41) is 0. The normalized spacial score (nSPS) is 23.5. The van der Waals surface area contributed by atoms with E-state index in [-0.39, 0.29) is 31.9 Å². The van der Waals surface area contributed by atoms with Gasteiger partial charge < -0.3 is 14.1 Å². The van der Waals surface area contributed by atoms with Crippen molar-refractivity contribution in [2.24, 2.45) is 0 Å². The van der Waals surface area contributed by atoms with Crippen LogP contribution in [0.3, 0.4) is 0 Å². The van der Waals surface area contributed by atoms with Crippen molar-refractivity contribution in [3.05, 3.63) is 24.2 Å². The van der Waals surface area contributed by atoms with Crippen molar-refractivity contribution in [1.82, 2.24) is 9.80 Å². The molecule has 126 valence electrons. The average Bonchev–Trinajstić information content (AvgIpc) is 2.90. The van der Waals surface area contributed by atoms with E-state index < -0.39 is 18.1 Å². The Kier molecular flexibility index (Phi) is 4.34. The Bertz CT molecular complexity index is 576. The molecule has 23 heavy (non-hydrogen) atoms. The van der Waals surface area contributed by atoms with Crippen LogP contribution in [0.15, 0.2) is 22.8 Å². The summed E-state index contributed by atoms with van der Waals surface area (Å²) in [4.78, 5) is 26.8. The number of rotatable bonds is 7. The lowest BCUT2D eigenvalue weighted by Gasteiger charge is -2.34. The van der Waals surface area contributed by atoms with Crippen LogP contribution in [0.5, 0.6) is 0 Å². The number of alkyl halides is 2. The third-order valence-corrected chi connectivity index (χ3v) is 4.01. The van der Waals surface area contributed by atoms with Crippen LogP contribution in [0.1, 0.15) is 18.6 Å². The molecule has 6 nitrogen and oxygen atoms in total. The van der Waals surface area contributed by atoms with E-state index in [1.54, 1.807) is 17.2 Å². The van der Waals surface area contributed by atoms with Crippen LogP contribution in [0.4, 0.5) is 13.6 Å². The average molecular weight is 328 g/mol. The van der Waals surface area contributed by atoms with Gasteiger partial charge in [-0.15, -0.1) is 0 Å². The molecular weight excluding hydrogens is 310 g/mol. The molecule has 3 amide bonds. The molecule has 8 heteroatoms. The van der Waals surface area contributed by atoms with Crippen LogP contribution in [-0.2, 0) is 16.0 Å². The SMILES string of the molecule is O=C1CCN(CCc2ccco2)C(=O)N1CCOC1CC1(F)F. The molecule has 2 fully saturated rings. The number of furan rings is 1. The minimum absolute atomic E-state index is 0.00149. The lowest BCUT2D eigenvalue weighted by molar-refractivity contribution is -0.131. The molecule has 3 rings (SSSR count). The zero-order valence-corrected chi connectivity index (χ0v) is 12.5. The fraction of sp³-hybridized carbons (Fsp3) is 0.600. The van der Waals surface area contributed by atoms with E-state index in [2.05, 4.69) is 0 Å². The topological polar surface area (TPSA) is 63.0 Å². The highest BCUT2D eigenvalue weighted by Gasteiger charge is 2.58. The second-order valence-electron chi connectivity index (χ2n) is 5.72. The van der Waals surface area contributed by atoms with Gasteiger partial charge in [-0.05, 0) is 12.1 Å². The third-order valence-electron chi connectivity index (χ3n) is 4.01. The van der Waals surface area contributed by atoms with Gasteiger partial charge in [-0.3, -0.25) is 9.69 Å². The largest absolute Gasteiger partial charge is 0.469 e. The smallest absolute Gasteiger partial charge is 0.326 e. The number of hydrogen-bond acceptors (Lipinski definition) is 4. The zero-order valence-electron chi connectivity index (χ0n) is 12.5. The van der Waals surface area contributed by atoms with Gasteiger partial charge in [0, 0.05) is 32.4 Å². The number of hydrogen-bond donors (Lipinski definition) is 0. The number of ether oxygens (including phenoxy) is 1. The van der Waals surface area contributed by atoms with Gasteiger partial charge in [-0.2, -0.15) is 0 Å². The molecular formula is C15H18F2N2O4. The molecule has 2 heterocycles. The van der Waals surface area contributed by atoms with Crippen LogP contribution in [-0.4, -0.2) is 60.0 Å². The van der Waals surface area contributed by atoms with E-state index in [4.69, 9.17) is 9.15 Å². The molecule has 1 aromatic rings. The van der Waals surface area contributed by atoms with Crippen molar-refractivity contribution in [2.75, 3.05) is 26.2 Å². The van der Waals surface area contributed by atoms with Gasteiger partial charge in [0.25, 0.3) is 5.92 Å². The molecule has 1 saturated heterocycles. The van der Waals surface area contributed by atoms with Crippen LogP contribution in [0.25, 0.3) is 0 Å². The molecule has 0 aromatic carbocycles. The number of imide groups is 1. The van der Waals surface area contributed by atoms with Crippen molar-refractivity contribution in [1.29, 1.82) is 0 Å². The number of carbonyl (C=O) groups excluding carboxylic acids is 2. The highest BCUT2D eigenvalue weighted by Crippen LogP contribution is 2.44. The van der Waals surface area contributed by atoms with E-state index >= 15 is 0 Å². The van der Waals surface area contributed by atoms with Crippen LogP contribution in [0.2, 0.25) is 0 Å². The minimum Gasteiger partial charge on any atom is -0.469 e. The molecule has 0 spiro atoms. The maximum Gasteiger partial charge on any atom is 0.326 e. The quantitative estimate of drug-likeness (QED) is 0.767. The fourth-order valence-corrected chi connectivity index (χ4v) is 2.52. The molecule has 1 atom stereocenters. The van der Waals surface area contributed by atoms with Crippen molar-refractivity contribution in [2.45, 2.75) is 31.3 Å². The second kappa shape index (κ2) is 6.27. The van der Waals surface area contributed by atoms with Gasteiger partial charge in [-0.25, -0.2) is 13.6 Å². The highest BCUT2D eigenvalue weighted by molar-refractivity contribution is 5.96. The van der Waals surface area contributed by atoms with Gasteiger partial charge in [-0.1, -0.05) is 0 Å². The van der Waals surface area contributed by atoms with Crippen LogP contribution < -0.4 is 0 Å². The number of carbonyl (C=O) groups is 2. The van der Waals surface area contributed by atoms with E-state index in [1.807, 2.05) is 6.07 Å². The highest BCUT2D eigenvalue weighted by atomic mass is 19.3. The van der Waals surface area contributed by atoms with E-state index in [0.29, 0.717) is 19.5 Å². The van der Waals surface area contributed by atoms with Gasteiger partial charge in [0.2, 0.25) is 5.91 Å². The Balaban J connectivity index is 1.48. The van der Waals surface area contributed by atoms with Crippen molar-refractivity contribution < 1.29 is 27.5 Å². The first-order valence-corrected chi connectivity index (χ1v) is 7.58. The maximum atomic E-state index is 12.7. The van der Waals surface area contributed by atoms with E-state index in [9.17, 15) is 18.4 Å². The van der Waals surface area contributed by atoms with Gasteiger partial charge in [0.15, 0.2) is 0 Å².